The lowest BCUT2D eigenvalue weighted by Gasteiger charge is -2.24. The number of nitrogens with one attached hydrogen (secondary N) is 1. The Hall–Kier alpha value is -3.78. The van der Waals surface area contributed by atoms with Gasteiger partial charge in [0.25, 0.3) is 0 Å². The van der Waals surface area contributed by atoms with Crippen LogP contribution in [0.5, 0.6) is 0 Å². The zero-order valence-electron chi connectivity index (χ0n) is 23.0. The summed E-state index contributed by atoms with van der Waals surface area (Å²) in [6.45, 7) is 11.7. The van der Waals surface area contributed by atoms with Gasteiger partial charge in [0.05, 0.1) is 6.04 Å². The van der Waals surface area contributed by atoms with Gasteiger partial charge in [0, 0.05) is 40.5 Å². The lowest BCUT2D eigenvalue weighted by molar-refractivity contribution is 0.779. The second-order valence-corrected chi connectivity index (χ2v) is 9.73. The maximum absolute atomic E-state index is 3.62. The van der Waals surface area contributed by atoms with E-state index in [1.807, 2.05) is 13.8 Å². The van der Waals surface area contributed by atoms with E-state index < -0.39 is 0 Å². The number of likely N-dealkylation sites (N-methyl/N-ethyl adjacent to an activating group) is 1. The Kier molecular flexibility index (Phi) is 8.50. The summed E-state index contributed by atoms with van der Waals surface area (Å²) in [5.74, 6) is 0.357. The summed E-state index contributed by atoms with van der Waals surface area (Å²) in [5, 5.41) is 5.35. The minimum absolute atomic E-state index is 0.357. The van der Waals surface area contributed by atoms with Crippen molar-refractivity contribution in [1.29, 1.82) is 0 Å². The predicted octanol–water partition coefficient (Wildman–Crippen LogP) is 8.09. The first-order chi connectivity index (χ1) is 18.1. The smallest absolute Gasteiger partial charge is 0.0583 e. The van der Waals surface area contributed by atoms with Crippen LogP contribution in [0, 0.1) is 0 Å². The summed E-state index contributed by atoms with van der Waals surface area (Å²) >= 11 is 0. The number of para-hydroxylation sites is 1. The second kappa shape index (κ2) is 12.0. The molecule has 190 valence electrons. The molecule has 2 nitrogen and oxygen atoms in total. The molecule has 2 atom stereocenters. The molecule has 2 aliphatic rings. The number of fused-ring (bicyclic) bond motifs is 8. The molecule has 1 aliphatic heterocycles. The summed E-state index contributed by atoms with van der Waals surface area (Å²) in [7, 11) is 2.23. The standard InChI is InChI=1S/C28H24N2.C4H10.C3H6/c1-3-4-5-8-18-11-12-19-17-26-22(16-20(19)15-18)28-25(30(26)2)14-13-24-27(28)21-9-6-7-10-23(21)29-24;1-3-4-2;1-3-2/h3-17,22,26,29H,1-2H3;3-4H2,1-2H3;3H,1H2,2H3/b4-3-,8-5-;;. The molecule has 2 unspecified atom stereocenters. The van der Waals surface area contributed by atoms with E-state index in [4.69, 9.17) is 0 Å². The molecule has 0 spiro atoms. The molecule has 0 fully saturated rings. The van der Waals surface area contributed by atoms with Gasteiger partial charge < -0.3 is 9.88 Å². The van der Waals surface area contributed by atoms with E-state index in [1.165, 1.54) is 61.9 Å². The van der Waals surface area contributed by atoms with Crippen LogP contribution in [0.25, 0.3) is 40.0 Å². The zero-order valence-corrected chi connectivity index (χ0v) is 23.0. The van der Waals surface area contributed by atoms with Crippen molar-refractivity contribution in [3.8, 4) is 0 Å². The van der Waals surface area contributed by atoms with Gasteiger partial charge in [-0.25, -0.2) is 0 Å². The molecule has 1 N–H and O–H groups in total. The monoisotopic (exact) mass is 488 g/mol. The average Bonchev–Trinajstić information content (AvgIpc) is 3.43. The fourth-order valence-corrected chi connectivity index (χ4v) is 5.22. The molecule has 37 heavy (non-hydrogen) atoms. The number of aromatic nitrogens is 1. The van der Waals surface area contributed by atoms with Crippen LogP contribution in [-0.4, -0.2) is 18.1 Å². The van der Waals surface area contributed by atoms with E-state index in [-0.39, 0.29) is 0 Å². The molecule has 2 heterocycles. The largest absolute Gasteiger partial charge is 0.367 e. The van der Waals surface area contributed by atoms with E-state index in [0.29, 0.717) is 12.0 Å². The number of hydrogen-bond acceptors (Lipinski definition) is 1. The molecule has 0 saturated carbocycles. The molecule has 0 radical (unpaired) electrons. The van der Waals surface area contributed by atoms with Gasteiger partial charge in [0.15, 0.2) is 0 Å². The van der Waals surface area contributed by atoms with Crippen molar-refractivity contribution >= 4 is 45.7 Å². The number of H-pyrrole nitrogens is 1. The van der Waals surface area contributed by atoms with Crippen molar-refractivity contribution in [3.63, 3.8) is 0 Å². The Morgan fingerprint density at radius 3 is 2.38 bits per heavy atom. The molecule has 2 heteroatoms. The third-order valence-corrected chi connectivity index (χ3v) is 7.13. The molecule has 0 saturated heterocycles. The number of unbranched alkanes of at least 4 members (excludes halogenated alkanes) is 1. The number of aromatic amines is 1. The van der Waals surface area contributed by atoms with Crippen molar-refractivity contribution < 1.29 is 0 Å². The normalized spacial score (nSPS) is 17.3. The minimum atomic E-state index is 0.357. The maximum Gasteiger partial charge on any atom is 0.0583 e. The lowest BCUT2D eigenvalue weighted by atomic mass is 9.87. The van der Waals surface area contributed by atoms with Crippen molar-refractivity contribution in [2.24, 2.45) is 0 Å². The van der Waals surface area contributed by atoms with Crippen LogP contribution in [-0.2, 0) is 0 Å². The van der Waals surface area contributed by atoms with Crippen LogP contribution < -0.4 is 15.3 Å². The van der Waals surface area contributed by atoms with Crippen molar-refractivity contribution in [2.45, 2.75) is 52.5 Å². The Morgan fingerprint density at radius 1 is 0.892 bits per heavy atom. The Morgan fingerprint density at radius 2 is 1.65 bits per heavy atom. The summed E-state index contributed by atoms with van der Waals surface area (Å²) in [6.07, 6.45) is 17.7. The van der Waals surface area contributed by atoms with Crippen LogP contribution in [0.15, 0.2) is 85.5 Å². The van der Waals surface area contributed by atoms with Gasteiger partial charge in [-0.2, -0.15) is 0 Å². The molecule has 1 aromatic heterocycles. The lowest BCUT2D eigenvalue weighted by Crippen LogP contribution is -2.38. The highest BCUT2D eigenvalue weighted by Gasteiger charge is 2.37. The first-order valence-corrected chi connectivity index (χ1v) is 13.5. The number of benzene rings is 3. The van der Waals surface area contributed by atoms with E-state index in [1.54, 1.807) is 6.08 Å². The minimum Gasteiger partial charge on any atom is -0.367 e. The van der Waals surface area contributed by atoms with E-state index in [2.05, 4.69) is 128 Å². The van der Waals surface area contributed by atoms with Gasteiger partial charge in [-0.15, -0.1) is 6.58 Å². The zero-order chi connectivity index (χ0) is 26.4. The fourth-order valence-electron chi connectivity index (χ4n) is 5.22. The SMILES string of the molecule is C/C=C\C=C/c1ccc2c(c1)=CC1c3c(ccc4[nH]c5ccccc5c34)N(C)C1C=2.C=CC.CCCC. The molecule has 0 amide bonds. The number of nitrogens with zero attached hydrogens (tertiary/aromatic N) is 1. The molecule has 6 rings (SSSR count). The first-order valence-electron chi connectivity index (χ1n) is 13.5. The van der Waals surface area contributed by atoms with E-state index in [0.717, 1.165) is 0 Å². The average molecular weight is 489 g/mol. The van der Waals surface area contributed by atoms with E-state index >= 15 is 0 Å². The Bertz CT molecular complexity index is 1560. The Balaban J connectivity index is 0.000000412. The molecule has 3 aromatic carbocycles. The van der Waals surface area contributed by atoms with Crippen molar-refractivity contribution in [2.75, 3.05) is 11.9 Å². The van der Waals surface area contributed by atoms with Gasteiger partial charge in [0.2, 0.25) is 0 Å². The van der Waals surface area contributed by atoms with Gasteiger partial charge >= 0.3 is 0 Å². The summed E-state index contributed by atoms with van der Waals surface area (Å²) in [6, 6.07) is 20.3. The van der Waals surface area contributed by atoms with Crippen molar-refractivity contribution in [1.82, 2.24) is 4.98 Å². The highest BCUT2D eigenvalue weighted by molar-refractivity contribution is 6.12. The number of allylic oxidation sites excluding steroid dienone is 4. The summed E-state index contributed by atoms with van der Waals surface area (Å²) in [4.78, 5) is 6.06. The highest BCUT2D eigenvalue weighted by atomic mass is 15.2. The van der Waals surface area contributed by atoms with Crippen LogP contribution in [0.2, 0.25) is 0 Å². The van der Waals surface area contributed by atoms with Crippen LogP contribution in [0.1, 0.15) is 57.6 Å². The third-order valence-electron chi connectivity index (χ3n) is 7.13. The number of rotatable bonds is 3. The molecule has 1 aliphatic carbocycles. The van der Waals surface area contributed by atoms with Crippen LogP contribution >= 0.6 is 0 Å². The molecular formula is C35H40N2. The molecular weight excluding hydrogens is 448 g/mol. The summed E-state index contributed by atoms with van der Waals surface area (Å²) < 4.78 is 0. The quantitative estimate of drug-likeness (QED) is 0.228. The summed E-state index contributed by atoms with van der Waals surface area (Å²) in [5.41, 5.74) is 6.48. The van der Waals surface area contributed by atoms with E-state index in [9.17, 15) is 0 Å². The second-order valence-electron chi connectivity index (χ2n) is 9.73. The fraction of sp³-hybridized carbons (Fsp3) is 0.257. The predicted molar refractivity (Wildman–Crippen MR) is 166 cm³/mol. The topological polar surface area (TPSA) is 19.0 Å². The number of hydrogen-bond donors (Lipinski definition) is 1. The van der Waals surface area contributed by atoms with Crippen LogP contribution in [0.3, 0.4) is 0 Å². The molecule has 4 aromatic rings. The van der Waals surface area contributed by atoms with Crippen LogP contribution in [0.4, 0.5) is 5.69 Å². The van der Waals surface area contributed by atoms with Gasteiger partial charge in [-0.3, -0.25) is 0 Å². The maximum atomic E-state index is 3.62. The highest BCUT2D eigenvalue weighted by Crippen LogP contribution is 2.47. The Labute approximate surface area is 222 Å². The number of anilines is 1. The van der Waals surface area contributed by atoms with Gasteiger partial charge in [-0.05, 0) is 59.7 Å². The molecule has 0 bridgehead atoms. The van der Waals surface area contributed by atoms with Gasteiger partial charge in [-0.1, -0.05) is 99.6 Å². The van der Waals surface area contributed by atoms with Gasteiger partial charge in [0.1, 0.15) is 0 Å². The first kappa shape index (κ1) is 26.3. The third kappa shape index (κ3) is 5.20. The van der Waals surface area contributed by atoms with Crippen molar-refractivity contribution in [3.05, 3.63) is 107 Å².